The Bertz CT molecular complexity index is 954. The van der Waals surface area contributed by atoms with E-state index in [2.05, 4.69) is 5.32 Å². The number of hydrogen-bond donors (Lipinski definition) is 1. The quantitative estimate of drug-likeness (QED) is 0.712. The van der Waals surface area contributed by atoms with Gasteiger partial charge in [0.15, 0.2) is 0 Å². The fraction of sp³-hybridized carbons (Fsp3) is 0.417. The number of rotatable bonds is 7. The molecule has 0 spiro atoms. The fourth-order valence-electron chi connectivity index (χ4n) is 3.79. The zero-order valence-corrected chi connectivity index (χ0v) is 17.3. The van der Waals surface area contributed by atoms with Crippen LogP contribution in [-0.2, 0) is 16.1 Å². The molecule has 4 rings (SSSR count). The van der Waals surface area contributed by atoms with Crippen LogP contribution in [0.1, 0.15) is 41.6 Å². The number of benzene rings is 2. The molecule has 31 heavy (non-hydrogen) atoms. The molecule has 2 aromatic rings. The van der Waals surface area contributed by atoms with Crippen molar-refractivity contribution in [1.29, 1.82) is 0 Å². The minimum atomic E-state index is -0.870. The Hall–Kier alpha value is -2.80. The molecule has 2 fully saturated rings. The Labute approximate surface area is 180 Å². The van der Waals surface area contributed by atoms with Crippen LogP contribution in [0, 0.1) is 23.5 Å². The van der Waals surface area contributed by atoms with Crippen LogP contribution in [0.3, 0.4) is 0 Å². The highest BCUT2D eigenvalue weighted by atomic mass is 19.1. The predicted molar refractivity (Wildman–Crippen MR) is 112 cm³/mol. The number of nitrogens with one attached hydrogen (secondary N) is 1. The molecule has 0 radical (unpaired) electrons. The normalized spacial score (nSPS) is 16.9. The van der Waals surface area contributed by atoms with Crippen LogP contribution in [0.15, 0.2) is 42.5 Å². The van der Waals surface area contributed by atoms with Gasteiger partial charge >= 0.3 is 0 Å². The molecular formula is C24H26F2N2O3. The van der Waals surface area contributed by atoms with E-state index in [1.807, 2.05) is 24.3 Å². The summed E-state index contributed by atoms with van der Waals surface area (Å²) in [5.74, 6) is -1.67. The first kappa shape index (κ1) is 21.4. The second-order valence-electron chi connectivity index (χ2n) is 8.34. The zero-order valence-electron chi connectivity index (χ0n) is 17.3. The van der Waals surface area contributed by atoms with Crippen molar-refractivity contribution in [1.82, 2.24) is 4.90 Å². The zero-order chi connectivity index (χ0) is 21.8. The Kier molecular flexibility index (Phi) is 6.61. The molecule has 2 amide bonds. The molecule has 1 N–H and O–H groups in total. The van der Waals surface area contributed by atoms with E-state index in [-0.39, 0.29) is 17.4 Å². The number of carbonyl (C=O) groups is 2. The van der Waals surface area contributed by atoms with Crippen LogP contribution in [0.5, 0.6) is 0 Å². The lowest BCUT2D eigenvalue weighted by Gasteiger charge is -2.31. The molecule has 7 heteroatoms. The van der Waals surface area contributed by atoms with Gasteiger partial charge < -0.3 is 15.0 Å². The van der Waals surface area contributed by atoms with Crippen molar-refractivity contribution in [2.45, 2.75) is 32.3 Å². The van der Waals surface area contributed by atoms with Gasteiger partial charge in [-0.25, -0.2) is 8.78 Å². The minimum Gasteiger partial charge on any atom is -0.376 e. The van der Waals surface area contributed by atoms with Crippen molar-refractivity contribution in [3.8, 4) is 0 Å². The van der Waals surface area contributed by atoms with Gasteiger partial charge in [-0.05, 0) is 61.4 Å². The number of likely N-dealkylation sites (tertiary alicyclic amines) is 1. The van der Waals surface area contributed by atoms with Crippen LogP contribution < -0.4 is 5.32 Å². The SMILES string of the molecule is O=C(Nc1cccc(COCC2CC2)c1)C1CCN(C(=O)c2ccc(F)cc2F)CC1. The number of halogens is 2. The van der Waals surface area contributed by atoms with Gasteiger partial charge in [0.1, 0.15) is 11.6 Å². The molecule has 1 saturated carbocycles. The number of carbonyl (C=O) groups excluding carboxylic acids is 2. The van der Waals surface area contributed by atoms with Gasteiger partial charge in [0.2, 0.25) is 5.91 Å². The average Bonchev–Trinajstić information content (AvgIpc) is 3.58. The van der Waals surface area contributed by atoms with Gasteiger partial charge in [0.25, 0.3) is 5.91 Å². The molecule has 5 nitrogen and oxygen atoms in total. The summed E-state index contributed by atoms with van der Waals surface area (Å²) >= 11 is 0. The van der Waals surface area contributed by atoms with E-state index in [0.29, 0.717) is 44.5 Å². The maximum atomic E-state index is 13.9. The summed E-state index contributed by atoms with van der Waals surface area (Å²) in [6, 6.07) is 10.6. The summed E-state index contributed by atoms with van der Waals surface area (Å²) in [6.45, 7) is 2.02. The van der Waals surface area contributed by atoms with E-state index in [1.165, 1.54) is 17.7 Å². The van der Waals surface area contributed by atoms with Gasteiger partial charge in [0, 0.05) is 37.4 Å². The lowest BCUT2D eigenvalue weighted by molar-refractivity contribution is -0.121. The number of hydrogen-bond acceptors (Lipinski definition) is 3. The lowest BCUT2D eigenvalue weighted by Crippen LogP contribution is -2.41. The van der Waals surface area contributed by atoms with Crippen molar-refractivity contribution in [3.63, 3.8) is 0 Å². The smallest absolute Gasteiger partial charge is 0.256 e. The molecule has 164 valence electrons. The van der Waals surface area contributed by atoms with Crippen molar-refractivity contribution in [2.75, 3.05) is 25.0 Å². The first-order valence-corrected chi connectivity index (χ1v) is 10.7. The number of ether oxygens (including phenoxy) is 1. The van der Waals surface area contributed by atoms with Crippen LogP contribution >= 0.6 is 0 Å². The van der Waals surface area contributed by atoms with Gasteiger partial charge in [-0.3, -0.25) is 9.59 Å². The van der Waals surface area contributed by atoms with Crippen LogP contribution in [-0.4, -0.2) is 36.4 Å². The van der Waals surface area contributed by atoms with Crippen molar-refractivity contribution >= 4 is 17.5 Å². The maximum Gasteiger partial charge on any atom is 0.256 e. The third kappa shape index (κ3) is 5.67. The molecule has 1 aliphatic carbocycles. The summed E-state index contributed by atoms with van der Waals surface area (Å²) in [7, 11) is 0. The molecule has 0 aromatic heterocycles. The molecule has 1 saturated heterocycles. The average molecular weight is 428 g/mol. The van der Waals surface area contributed by atoms with Gasteiger partial charge in [-0.2, -0.15) is 0 Å². The molecule has 1 heterocycles. The van der Waals surface area contributed by atoms with Crippen LogP contribution in [0.4, 0.5) is 14.5 Å². The van der Waals surface area contributed by atoms with E-state index >= 15 is 0 Å². The molecule has 0 bridgehead atoms. The Morgan fingerprint density at radius 3 is 2.52 bits per heavy atom. The molecule has 1 aliphatic heterocycles. The number of amides is 2. The molecule has 2 aromatic carbocycles. The third-order valence-electron chi connectivity index (χ3n) is 5.83. The van der Waals surface area contributed by atoms with Crippen molar-refractivity contribution < 1.29 is 23.1 Å². The number of nitrogens with zero attached hydrogens (tertiary/aromatic N) is 1. The molecular weight excluding hydrogens is 402 g/mol. The van der Waals surface area contributed by atoms with Crippen LogP contribution in [0.25, 0.3) is 0 Å². The second kappa shape index (κ2) is 9.56. The summed E-state index contributed by atoms with van der Waals surface area (Å²) in [5.41, 5.74) is 1.59. The standard InChI is InChI=1S/C24H26F2N2O3/c25-19-6-7-21(22(26)13-19)24(30)28-10-8-18(9-11-28)23(29)27-20-3-1-2-17(12-20)15-31-14-16-4-5-16/h1-3,6-7,12-13,16,18H,4-5,8-11,14-15H2,(H,27,29). The topological polar surface area (TPSA) is 58.6 Å². The Balaban J connectivity index is 1.27. The maximum absolute atomic E-state index is 13.9. The van der Waals surface area contributed by atoms with Crippen molar-refractivity contribution in [3.05, 3.63) is 65.2 Å². The predicted octanol–water partition coefficient (Wildman–Crippen LogP) is 4.38. The van der Waals surface area contributed by atoms with E-state index in [4.69, 9.17) is 4.74 Å². The summed E-state index contributed by atoms with van der Waals surface area (Å²) in [4.78, 5) is 26.7. The number of anilines is 1. The summed E-state index contributed by atoms with van der Waals surface area (Å²) in [5, 5.41) is 2.96. The highest BCUT2D eigenvalue weighted by molar-refractivity contribution is 5.95. The monoisotopic (exact) mass is 428 g/mol. The lowest BCUT2D eigenvalue weighted by atomic mass is 9.95. The molecule has 0 unspecified atom stereocenters. The van der Waals surface area contributed by atoms with Gasteiger partial charge in [-0.15, -0.1) is 0 Å². The Morgan fingerprint density at radius 1 is 1.03 bits per heavy atom. The summed E-state index contributed by atoms with van der Waals surface area (Å²) < 4.78 is 32.7. The highest BCUT2D eigenvalue weighted by Gasteiger charge is 2.29. The highest BCUT2D eigenvalue weighted by Crippen LogP contribution is 2.29. The van der Waals surface area contributed by atoms with E-state index in [1.54, 1.807) is 0 Å². The molecule has 2 aliphatic rings. The minimum absolute atomic E-state index is 0.0869. The number of piperidine rings is 1. The fourth-order valence-corrected chi connectivity index (χ4v) is 3.79. The van der Waals surface area contributed by atoms with Gasteiger partial charge in [-0.1, -0.05) is 12.1 Å². The third-order valence-corrected chi connectivity index (χ3v) is 5.83. The van der Waals surface area contributed by atoms with E-state index < -0.39 is 17.5 Å². The summed E-state index contributed by atoms with van der Waals surface area (Å²) in [6.07, 6.45) is 3.48. The largest absolute Gasteiger partial charge is 0.376 e. The van der Waals surface area contributed by atoms with Crippen LogP contribution in [0.2, 0.25) is 0 Å². The van der Waals surface area contributed by atoms with E-state index in [9.17, 15) is 18.4 Å². The van der Waals surface area contributed by atoms with E-state index in [0.717, 1.165) is 30.0 Å². The first-order chi connectivity index (χ1) is 15.0. The first-order valence-electron chi connectivity index (χ1n) is 10.7. The van der Waals surface area contributed by atoms with Crippen molar-refractivity contribution in [2.24, 2.45) is 11.8 Å². The Morgan fingerprint density at radius 2 is 1.81 bits per heavy atom. The second-order valence-corrected chi connectivity index (χ2v) is 8.34. The molecule has 0 atom stereocenters. The van der Waals surface area contributed by atoms with Gasteiger partial charge in [0.05, 0.1) is 12.2 Å².